The third-order valence-electron chi connectivity index (χ3n) is 12.1. The van der Waals surface area contributed by atoms with E-state index >= 15 is 0 Å². The zero-order valence-electron chi connectivity index (χ0n) is 35.7. The van der Waals surface area contributed by atoms with Gasteiger partial charge in [-0.15, -0.1) is 6.58 Å². The predicted molar refractivity (Wildman–Crippen MR) is 236 cm³/mol. The summed E-state index contributed by atoms with van der Waals surface area (Å²) in [5.41, 5.74) is 3.83. The fraction of sp³-hybridized carbons (Fsp3) is 0.660. The first-order valence-electron chi connectivity index (χ1n) is 22.4. The molecule has 1 amide bonds. The summed E-state index contributed by atoms with van der Waals surface area (Å²) in [6, 6.07) is 5.73. The van der Waals surface area contributed by atoms with Gasteiger partial charge in [-0.05, 0) is 73.5 Å². The Kier molecular flexibility index (Phi) is 20.0. The lowest BCUT2D eigenvalue weighted by Crippen LogP contribution is -2.64. The number of aromatic nitrogens is 2. The van der Waals surface area contributed by atoms with Crippen LogP contribution in [0.5, 0.6) is 11.5 Å². The number of unbranched alkanes of at least 4 members (excludes halogenated alkanes) is 11. The van der Waals surface area contributed by atoms with E-state index in [1.807, 2.05) is 18.2 Å². The monoisotopic (exact) mass is 834 g/mol. The maximum absolute atomic E-state index is 13.2. The summed E-state index contributed by atoms with van der Waals surface area (Å²) in [7, 11) is 1.59. The summed E-state index contributed by atoms with van der Waals surface area (Å²) in [6.07, 6.45) is 27.5. The summed E-state index contributed by atoms with van der Waals surface area (Å²) < 4.78 is 20.2. The number of aliphatic hydroxyl groups is 2. The fourth-order valence-corrected chi connectivity index (χ4v) is 10.7. The standard InChI is InChI=1S/C47H70N4O7S/c1-4-6-7-8-9-10-11-12-13-16-24-50-46(54)57-37-21-22-42-40(32-37)44-38(20-15-18-28-53)35(19-14-17-27-52)31-39-41(51-55-3)33-43(47(58-42,45(39)44)56-29-5-2)59-30-23-36-34-48-25-26-49-36/h5,21-22,25-26,31-32,34-35,38,43-45,52-53H,2,4,6-20,23-24,27-30,33H2,1,3H3,(H,50,54). The number of nitrogens with one attached hydrogen (secondary N) is 1. The van der Waals surface area contributed by atoms with Gasteiger partial charge in [-0.25, -0.2) is 4.79 Å². The fourth-order valence-electron chi connectivity index (χ4n) is 9.36. The van der Waals surface area contributed by atoms with E-state index in [4.69, 9.17) is 19.0 Å². The molecule has 6 unspecified atom stereocenters. The lowest BCUT2D eigenvalue weighted by molar-refractivity contribution is -0.223. The summed E-state index contributed by atoms with van der Waals surface area (Å²) >= 11 is 1.79. The zero-order chi connectivity index (χ0) is 41.7. The van der Waals surface area contributed by atoms with Crippen LogP contribution in [0.25, 0.3) is 0 Å². The Balaban J connectivity index is 1.43. The molecule has 0 radical (unpaired) electrons. The average molecular weight is 835 g/mol. The molecular formula is C47H70N4O7S. The highest BCUT2D eigenvalue weighted by atomic mass is 32.2. The number of fused-ring (bicyclic) bond motifs is 2. The summed E-state index contributed by atoms with van der Waals surface area (Å²) in [6.45, 7) is 7.41. The minimum atomic E-state index is -1.07. The summed E-state index contributed by atoms with van der Waals surface area (Å²) in [4.78, 5) is 27.5. The van der Waals surface area contributed by atoms with Gasteiger partial charge >= 0.3 is 6.09 Å². The molecule has 59 heavy (non-hydrogen) atoms. The predicted octanol–water partition coefficient (Wildman–Crippen LogP) is 9.73. The number of aliphatic hydroxyl groups excluding tert-OH is 2. The Bertz CT molecular complexity index is 1630. The minimum Gasteiger partial charge on any atom is -0.460 e. The molecule has 2 aliphatic carbocycles. The van der Waals surface area contributed by atoms with Crippen molar-refractivity contribution in [2.24, 2.45) is 22.9 Å². The Morgan fingerprint density at radius 3 is 2.46 bits per heavy atom. The van der Waals surface area contributed by atoms with E-state index in [2.05, 4.69) is 40.0 Å². The highest BCUT2D eigenvalue weighted by molar-refractivity contribution is 8.00. The molecule has 1 saturated carbocycles. The topological polar surface area (TPSA) is 145 Å². The van der Waals surface area contributed by atoms with Gasteiger partial charge in [0.2, 0.25) is 5.79 Å². The summed E-state index contributed by atoms with van der Waals surface area (Å²) in [5, 5.41) is 27.1. The first-order valence-corrected chi connectivity index (χ1v) is 23.5. The Morgan fingerprint density at radius 1 is 1.02 bits per heavy atom. The molecule has 6 atom stereocenters. The number of benzene rings is 1. The maximum Gasteiger partial charge on any atom is 0.412 e. The molecule has 2 aromatic rings. The maximum atomic E-state index is 13.2. The molecule has 0 bridgehead atoms. The molecule has 3 aliphatic rings. The van der Waals surface area contributed by atoms with E-state index in [9.17, 15) is 15.0 Å². The molecular weight excluding hydrogens is 765 g/mol. The Labute approximate surface area is 357 Å². The molecule has 0 saturated heterocycles. The molecule has 1 fully saturated rings. The number of nitrogens with zero attached hydrogens (tertiary/aromatic N) is 3. The largest absolute Gasteiger partial charge is 0.460 e. The van der Waals surface area contributed by atoms with Crippen molar-refractivity contribution in [3.05, 3.63) is 72.4 Å². The van der Waals surface area contributed by atoms with Gasteiger partial charge in [0, 0.05) is 62.7 Å². The molecule has 5 rings (SSSR count). The van der Waals surface area contributed by atoms with Crippen molar-refractivity contribution < 1.29 is 34.1 Å². The number of hydrogen-bond donors (Lipinski definition) is 3. The third-order valence-corrected chi connectivity index (χ3v) is 13.5. The van der Waals surface area contributed by atoms with Crippen LogP contribution < -0.4 is 14.8 Å². The van der Waals surface area contributed by atoms with Crippen LogP contribution in [0, 0.1) is 17.8 Å². The van der Waals surface area contributed by atoms with Gasteiger partial charge in [-0.2, -0.15) is 11.8 Å². The number of carbonyl (C=O) groups excluding carboxylic acids is 1. The number of oxime groups is 1. The Morgan fingerprint density at radius 2 is 1.76 bits per heavy atom. The molecule has 1 aromatic heterocycles. The lowest BCUT2D eigenvalue weighted by atomic mass is 9.56. The molecule has 12 heteroatoms. The number of ether oxygens (including phenoxy) is 3. The van der Waals surface area contributed by atoms with Crippen LogP contribution >= 0.6 is 11.8 Å². The van der Waals surface area contributed by atoms with Gasteiger partial charge in [-0.1, -0.05) is 94.9 Å². The van der Waals surface area contributed by atoms with E-state index < -0.39 is 11.9 Å². The highest BCUT2D eigenvalue weighted by Crippen LogP contribution is 2.62. The molecule has 0 spiro atoms. The van der Waals surface area contributed by atoms with Gasteiger partial charge in [0.05, 0.1) is 29.2 Å². The van der Waals surface area contributed by atoms with Crippen molar-refractivity contribution >= 4 is 23.6 Å². The quantitative estimate of drug-likeness (QED) is 0.0431. The number of amides is 1. The number of allylic oxidation sites excluding steroid dienone is 1. The van der Waals surface area contributed by atoms with Crippen molar-refractivity contribution in [2.75, 3.05) is 39.2 Å². The number of carbonyl (C=O) groups is 1. The molecule has 1 aromatic carbocycles. The van der Waals surface area contributed by atoms with Gasteiger partial charge in [0.15, 0.2) is 0 Å². The van der Waals surface area contributed by atoms with Gasteiger partial charge in [0.1, 0.15) is 18.6 Å². The smallest absolute Gasteiger partial charge is 0.412 e. The first kappa shape index (κ1) is 46.6. The lowest BCUT2D eigenvalue weighted by Gasteiger charge is -2.58. The van der Waals surface area contributed by atoms with Crippen LogP contribution in [0.15, 0.2) is 66.2 Å². The van der Waals surface area contributed by atoms with Crippen molar-refractivity contribution in [2.45, 2.75) is 139 Å². The molecule has 2 heterocycles. The van der Waals surface area contributed by atoms with Crippen molar-refractivity contribution in [1.29, 1.82) is 0 Å². The molecule has 326 valence electrons. The second-order valence-corrected chi connectivity index (χ2v) is 17.6. The number of rotatable bonds is 28. The zero-order valence-corrected chi connectivity index (χ0v) is 36.5. The van der Waals surface area contributed by atoms with E-state index in [1.165, 1.54) is 51.4 Å². The SMILES string of the molecule is C=CCOC12Oc3ccc(OC(=O)NCCCCCCCCCCCC)cc3C3C(CCCCO)C(CCCCO)C=C(C(=NOC)CC1SCCc1cnccn1)C32. The summed E-state index contributed by atoms with van der Waals surface area (Å²) in [5.74, 6) is 0.823. The third kappa shape index (κ3) is 13.0. The van der Waals surface area contributed by atoms with E-state index in [0.717, 1.165) is 79.7 Å². The van der Waals surface area contributed by atoms with Crippen molar-refractivity contribution in [3.8, 4) is 11.5 Å². The second-order valence-electron chi connectivity index (χ2n) is 16.2. The number of aryl methyl sites for hydroxylation is 1. The Hall–Kier alpha value is -3.45. The van der Waals surface area contributed by atoms with Crippen molar-refractivity contribution in [3.63, 3.8) is 0 Å². The van der Waals surface area contributed by atoms with Gasteiger partial charge < -0.3 is 34.6 Å². The van der Waals surface area contributed by atoms with Crippen LogP contribution in [-0.4, -0.2) is 82.3 Å². The van der Waals surface area contributed by atoms with Crippen LogP contribution in [0.1, 0.15) is 133 Å². The minimum absolute atomic E-state index is 0.0925. The van der Waals surface area contributed by atoms with E-state index in [-0.39, 0.29) is 42.1 Å². The van der Waals surface area contributed by atoms with E-state index in [0.29, 0.717) is 37.5 Å². The first-order chi connectivity index (χ1) is 29.0. The molecule has 11 nitrogen and oxygen atoms in total. The molecule has 1 aliphatic heterocycles. The second kappa shape index (κ2) is 25.4. The van der Waals surface area contributed by atoms with Crippen LogP contribution in [-0.2, 0) is 16.0 Å². The van der Waals surface area contributed by atoms with Crippen LogP contribution in [0.3, 0.4) is 0 Å². The van der Waals surface area contributed by atoms with E-state index in [1.54, 1.807) is 43.5 Å². The highest BCUT2D eigenvalue weighted by Gasteiger charge is 2.64. The van der Waals surface area contributed by atoms with Gasteiger partial charge in [0.25, 0.3) is 0 Å². The van der Waals surface area contributed by atoms with Gasteiger partial charge in [-0.3, -0.25) is 9.97 Å². The number of hydrogen-bond acceptors (Lipinski definition) is 11. The van der Waals surface area contributed by atoms with Crippen LogP contribution in [0.2, 0.25) is 0 Å². The van der Waals surface area contributed by atoms with Crippen molar-refractivity contribution in [1.82, 2.24) is 15.3 Å². The average Bonchev–Trinajstić information content (AvgIpc) is 3.24. The molecule has 3 N–H and O–H groups in total. The normalized spacial score (nSPS) is 23.8. The van der Waals surface area contributed by atoms with Crippen LogP contribution in [0.4, 0.5) is 4.79 Å². The number of thioether (sulfide) groups is 1.